The van der Waals surface area contributed by atoms with E-state index < -0.39 is 11.9 Å². The molecule has 1 atom stereocenters. The van der Waals surface area contributed by atoms with Gasteiger partial charge in [0.05, 0.1) is 12.2 Å². The predicted molar refractivity (Wildman–Crippen MR) is 99.9 cm³/mol. The molecule has 0 fully saturated rings. The molecule has 1 unspecified atom stereocenters. The molecule has 0 amide bonds. The van der Waals surface area contributed by atoms with Crippen molar-refractivity contribution in [2.24, 2.45) is 0 Å². The Morgan fingerprint density at radius 2 is 2.04 bits per heavy atom. The van der Waals surface area contributed by atoms with Gasteiger partial charge in [0.2, 0.25) is 0 Å². The fourth-order valence-corrected chi connectivity index (χ4v) is 3.25. The van der Waals surface area contributed by atoms with Crippen LogP contribution in [0.25, 0.3) is 17.2 Å². The zero-order chi connectivity index (χ0) is 19.7. The maximum Gasteiger partial charge on any atom is 0.167 e. The number of nitrogens with zero attached hydrogens (tertiary/aromatic N) is 7. The molecule has 4 aromatic heterocycles. The molecule has 4 heterocycles. The first-order valence-electron chi connectivity index (χ1n) is 9.11. The second-order valence-electron chi connectivity index (χ2n) is 6.56. The number of fused-ring (bicyclic) bond motifs is 1. The molecule has 0 aliphatic rings. The van der Waals surface area contributed by atoms with Crippen molar-refractivity contribution in [3.05, 3.63) is 59.9 Å². The molecule has 0 aliphatic carbocycles. The van der Waals surface area contributed by atoms with Crippen LogP contribution in [0, 0.1) is 5.82 Å². The number of aryl methyl sites for hydroxylation is 1. The smallest absolute Gasteiger partial charge is 0.167 e. The summed E-state index contributed by atoms with van der Waals surface area (Å²) in [4.78, 5) is 13.0. The van der Waals surface area contributed by atoms with Crippen molar-refractivity contribution < 1.29 is 9.50 Å². The van der Waals surface area contributed by atoms with E-state index in [-0.39, 0.29) is 5.69 Å². The summed E-state index contributed by atoms with van der Waals surface area (Å²) in [6.07, 6.45) is 7.45. The minimum Gasteiger partial charge on any atom is -0.385 e. The van der Waals surface area contributed by atoms with Crippen LogP contribution in [0.15, 0.2) is 37.1 Å². The van der Waals surface area contributed by atoms with Crippen molar-refractivity contribution in [2.45, 2.75) is 39.3 Å². The van der Waals surface area contributed by atoms with Gasteiger partial charge in [0.1, 0.15) is 18.1 Å². The Hall–Kier alpha value is -3.20. The highest BCUT2D eigenvalue weighted by Gasteiger charge is 2.19. The Morgan fingerprint density at radius 1 is 1.18 bits per heavy atom. The Bertz CT molecular complexity index is 1120. The summed E-state index contributed by atoms with van der Waals surface area (Å²) in [5, 5.41) is 18.2. The van der Waals surface area contributed by atoms with E-state index >= 15 is 0 Å². The topological polar surface area (TPSA) is 94.0 Å². The molecule has 8 nitrogen and oxygen atoms in total. The molecule has 1 N–H and O–H groups in total. The summed E-state index contributed by atoms with van der Waals surface area (Å²) < 4.78 is 17.7. The Balaban J connectivity index is 1.78. The van der Waals surface area contributed by atoms with E-state index in [1.165, 1.54) is 12.3 Å². The predicted octanol–water partition coefficient (Wildman–Crippen LogP) is 2.58. The van der Waals surface area contributed by atoms with Crippen molar-refractivity contribution in [3.63, 3.8) is 0 Å². The van der Waals surface area contributed by atoms with E-state index in [0.29, 0.717) is 23.8 Å². The third-order valence-corrected chi connectivity index (χ3v) is 4.55. The lowest BCUT2D eigenvalue weighted by molar-refractivity contribution is 0.187. The molecule has 4 rings (SSSR count). The van der Waals surface area contributed by atoms with E-state index in [0.717, 1.165) is 24.1 Å². The third kappa shape index (κ3) is 3.13. The van der Waals surface area contributed by atoms with Crippen LogP contribution in [0.4, 0.5) is 4.39 Å². The zero-order valence-corrected chi connectivity index (χ0v) is 15.6. The van der Waals surface area contributed by atoms with Gasteiger partial charge in [-0.15, -0.1) is 10.2 Å². The molecular weight excluding hydrogens is 361 g/mol. The largest absolute Gasteiger partial charge is 0.385 e. The molecule has 144 valence electrons. The van der Waals surface area contributed by atoms with Crippen LogP contribution in [0.3, 0.4) is 0 Å². The SMILES string of the molecule is CCCc1c(Cn2ccnc2-c2ncccc2F)ncn2c(C(C)O)nnc12. The van der Waals surface area contributed by atoms with Gasteiger partial charge in [-0.05, 0) is 25.5 Å². The monoisotopic (exact) mass is 381 g/mol. The average molecular weight is 381 g/mol. The van der Waals surface area contributed by atoms with Gasteiger partial charge >= 0.3 is 0 Å². The highest BCUT2D eigenvalue weighted by molar-refractivity contribution is 5.52. The van der Waals surface area contributed by atoms with Crippen LogP contribution in [0.1, 0.15) is 43.5 Å². The minimum absolute atomic E-state index is 0.199. The molecular formula is C19H20FN7O. The first kappa shape index (κ1) is 18.2. The molecule has 0 aromatic carbocycles. The quantitative estimate of drug-likeness (QED) is 0.552. The van der Waals surface area contributed by atoms with Crippen LogP contribution in [0.5, 0.6) is 0 Å². The Labute approximate surface area is 160 Å². The summed E-state index contributed by atoms with van der Waals surface area (Å²) in [5.41, 5.74) is 2.62. The summed E-state index contributed by atoms with van der Waals surface area (Å²) in [6.45, 7) is 4.11. The molecule has 4 aromatic rings. The van der Waals surface area contributed by atoms with Crippen LogP contribution >= 0.6 is 0 Å². The first-order valence-corrected chi connectivity index (χ1v) is 9.11. The molecule has 0 saturated heterocycles. The van der Waals surface area contributed by atoms with Gasteiger partial charge in [0.25, 0.3) is 0 Å². The third-order valence-electron chi connectivity index (χ3n) is 4.55. The fraction of sp³-hybridized carbons (Fsp3) is 0.316. The molecule has 0 spiro atoms. The van der Waals surface area contributed by atoms with Crippen molar-refractivity contribution in [3.8, 4) is 11.5 Å². The van der Waals surface area contributed by atoms with Gasteiger partial charge in [-0.2, -0.15) is 0 Å². The second kappa shape index (κ2) is 7.43. The number of hydrogen-bond donors (Lipinski definition) is 1. The van der Waals surface area contributed by atoms with E-state index in [1.54, 1.807) is 36.1 Å². The van der Waals surface area contributed by atoms with Gasteiger partial charge < -0.3 is 9.67 Å². The molecule has 9 heteroatoms. The van der Waals surface area contributed by atoms with Crippen molar-refractivity contribution in [2.75, 3.05) is 0 Å². The molecule has 28 heavy (non-hydrogen) atoms. The lowest BCUT2D eigenvalue weighted by Gasteiger charge is -2.12. The van der Waals surface area contributed by atoms with E-state index in [2.05, 4.69) is 32.1 Å². The molecule has 0 saturated carbocycles. The van der Waals surface area contributed by atoms with Crippen LogP contribution < -0.4 is 0 Å². The second-order valence-corrected chi connectivity index (χ2v) is 6.56. The highest BCUT2D eigenvalue weighted by Crippen LogP contribution is 2.22. The fourth-order valence-electron chi connectivity index (χ4n) is 3.25. The number of pyridine rings is 1. The number of aromatic nitrogens is 7. The standard InChI is InChI=1S/C19H20FN7O/c1-3-5-13-15(23-11-27-17(12(2)28)24-25-18(13)27)10-26-9-8-22-19(26)16-14(20)6-4-7-21-16/h4,6-9,11-12,28H,3,5,10H2,1-2H3. The minimum atomic E-state index is -0.746. The van der Waals surface area contributed by atoms with E-state index in [1.807, 2.05) is 4.57 Å². The Kier molecular flexibility index (Phi) is 4.82. The van der Waals surface area contributed by atoms with Crippen molar-refractivity contribution in [1.82, 2.24) is 34.1 Å². The summed E-state index contributed by atoms with van der Waals surface area (Å²) in [5.74, 6) is 0.463. The first-order chi connectivity index (χ1) is 13.6. The number of hydrogen-bond acceptors (Lipinski definition) is 6. The van der Waals surface area contributed by atoms with Crippen molar-refractivity contribution in [1.29, 1.82) is 0 Å². The summed E-state index contributed by atoms with van der Waals surface area (Å²) in [6, 6.07) is 2.91. The van der Waals surface area contributed by atoms with Crippen LogP contribution in [-0.4, -0.2) is 39.2 Å². The highest BCUT2D eigenvalue weighted by atomic mass is 19.1. The van der Waals surface area contributed by atoms with Gasteiger partial charge in [0, 0.05) is 24.2 Å². The normalized spacial score (nSPS) is 12.6. The van der Waals surface area contributed by atoms with Gasteiger partial charge in [-0.25, -0.2) is 19.3 Å². The number of aliphatic hydroxyl groups is 1. The lowest BCUT2D eigenvalue weighted by Crippen LogP contribution is -2.10. The van der Waals surface area contributed by atoms with Gasteiger partial charge in [-0.3, -0.25) is 4.40 Å². The number of rotatable bonds is 6. The number of aliphatic hydroxyl groups excluding tert-OH is 1. The van der Waals surface area contributed by atoms with Gasteiger partial charge in [-0.1, -0.05) is 13.3 Å². The maximum atomic E-state index is 14.2. The van der Waals surface area contributed by atoms with Crippen LogP contribution in [0.2, 0.25) is 0 Å². The zero-order valence-electron chi connectivity index (χ0n) is 15.6. The Morgan fingerprint density at radius 3 is 2.79 bits per heavy atom. The van der Waals surface area contributed by atoms with Crippen molar-refractivity contribution >= 4 is 5.65 Å². The number of halogens is 1. The maximum absolute atomic E-state index is 14.2. The van der Waals surface area contributed by atoms with E-state index in [9.17, 15) is 9.50 Å². The molecule has 0 aliphatic heterocycles. The lowest BCUT2D eigenvalue weighted by atomic mass is 10.1. The number of imidazole rings is 1. The van der Waals surface area contributed by atoms with E-state index in [4.69, 9.17) is 0 Å². The van der Waals surface area contributed by atoms with Gasteiger partial charge in [0.15, 0.2) is 23.1 Å². The molecule has 0 bridgehead atoms. The van der Waals surface area contributed by atoms with Crippen LogP contribution in [-0.2, 0) is 13.0 Å². The summed E-state index contributed by atoms with van der Waals surface area (Å²) in [7, 11) is 0. The average Bonchev–Trinajstić information content (AvgIpc) is 3.31. The molecule has 0 radical (unpaired) electrons. The summed E-state index contributed by atoms with van der Waals surface area (Å²) >= 11 is 0.